The van der Waals surface area contributed by atoms with E-state index in [1.807, 2.05) is 0 Å². The predicted molar refractivity (Wildman–Crippen MR) is 188 cm³/mol. The smallest absolute Gasteiger partial charge is 0.333 e. The monoisotopic (exact) mass is 756 g/mol. The first-order valence-corrected chi connectivity index (χ1v) is 15.3. The van der Waals surface area contributed by atoms with E-state index in [9.17, 15) is 28.8 Å². The topological polar surface area (TPSA) is 473 Å². The van der Waals surface area contributed by atoms with E-state index in [0.717, 1.165) is 0 Å². The molecule has 0 aliphatic carbocycles. The molecule has 302 valence electrons. The van der Waals surface area contributed by atoms with Gasteiger partial charge in [0.05, 0.1) is 6.42 Å². The molecule has 0 rings (SSSR count). The van der Waals surface area contributed by atoms with Crippen LogP contribution in [0.3, 0.4) is 0 Å². The lowest BCUT2D eigenvalue weighted by atomic mass is 9.99. The van der Waals surface area contributed by atoms with Gasteiger partial charge in [0.1, 0.15) is 24.0 Å². The number of rotatable bonds is 20. The molecule has 0 aromatic heterocycles. The molecular weight excluding hydrogens is 700 g/mol. The number of carbonyl (C=O) groups is 6. The summed E-state index contributed by atoms with van der Waals surface area (Å²) in [7, 11) is 4.72. The molecule has 0 aromatic rings. The first kappa shape index (κ1) is 53.3. The van der Waals surface area contributed by atoms with E-state index < -0.39 is 72.4 Å². The number of aliphatic hydroxyl groups excluding tert-OH is 1. The third-order valence-corrected chi connectivity index (χ3v) is 6.01. The third kappa shape index (κ3) is 34.3. The second kappa shape index (κ2) is 32.7. The second-order valence-electron chi connectivity index (χ2n) is 10.2. The molecule has 0 saturated heterocycles. The summed E-state index contributed by atoms with van der Waals surface area (Å²) in [4.78, 5) is 72.4. The van der Waals surface area contributed by atoms with Crippen molar-refractivity contribution >= 4 is 53.7 Å². The molecular formula is C27H56N12O13. The number of nitrogens with two attached hydrogens (primary N) is 6. The highest BCUT2D eigenvalue weighted by molar-refractivity contribution is 5.85. The number of carboxylic acid groups (broad SMARTS) is 6. The summed E-state index contributed by atoms with van der Waals surface area (Å²) < 4.78 is 0. The summed E-state index contributed by atoms with van der Waals surface area (Å²) in [6.07, 6.45) is 0.131. The molecule has 0 amide bonds. The zero-order chi connectivity index (χ0) is 41.4. The average molecular weight is 757 g/mol. The van der Waals surface area contributed by atoms with Gasteiger partial charge in [-0.15, -0.1) is 0 Å². The van der Waals surface area contributed by atoms with Crippen LogP contribution in [0.2, 0.25) is 0 Å². The molecule has 0 bridgehead atoms. The molecule has 0 aliphatic rings. The number of hydrogen-bond acceptors (Lipinski definition) is 13. The SMILES string of the molecule is CN=C(N)NCCC[C@H](N)C(=O)O.CN=C(N)NCCC[C@H](N)C(=O)O.CN=C(N)NCCC[C@H](N)C(=O)O.O=C(O)CC(C(=O)O)C(O)C(=O)O. The van der Waals surface area contributed by atoms with Crippen molar-refractivity contribution < 1.29 is 64.5 Å². The summed E-state index contributed by atoms with van der Waals surface area (Å²) >= 11 is 0. The Labute approximate surface area is 299 Å². The minimum Gasteiger partial charge on any atom is -0.481 e. The Bertz CT molecular complexity index is 1070. The zero-order valence-electron chi connectivity index (χ0n) is 29.3. The first-order valence-electron chi connectivity index (χ1n) is 15.3. The molecule has 5 atom stereocenters. The van der Waals surface area contributed by atoms with Crippen molar-refractivity contribution in [3.05, 3.63) is 0 Å². The Balaban J connectivity index is -0.000000295. The maximum absolute atomic E-state index is 10.3. The number of nitrogens with zero attached hydrogens (tertiary/aromatic N) is 3. The van der Waals surface area contributed by atoms with Gasteiger partial charge in [0.25, 0.3) is 0 Å². The minimum absolute atomic E-state index is 0.351. The Hall–Kier alpha value is -5.53. The van der Waals surface area contributed by atoms with Gasteiger partial charge in [0, 0.05) is 40.8 Å². The van der Waals surface area contributed by atoms with Crippen LogP contribution in [0.25, 0.3) is 0 Å². The van der Waals surface area contributed by atoms with Gasteiger partial charge in [0.2, 0.25) is 0 Å². The first-order chi connectivity index (χ1) is 24.1. The summed E-state index contributed by atoms with van der Waals surface area (Å²) in [6.45, 7) is 1.76. The quantitative estimate of drug-likeness (QED) is 0.0313. The minimum atomic E-state index is -2.20. The molecule has 0 heterocycles. The van der Waals surface area contributed by atoms with E-state index in [-0.39, 0.29) is 0 Å². The molecule has 25 nitrogen and oxygen atoms in total. The van der Waals surface area contributed by atoms with Crippen LogP contribution in [0, 0.1) is 5.92 Å². The normalized spacial score (nSPS) is 14.0. The number of carboxylic acids is 6. The fourth-order valence-corrected chi connectivity index (χ4v) is 2.92. The molecule has 0 saturated carbocycles. The highest BCUT2D eigenvalue weighted by Crippen LogP contribution is 2.10. The van der Waals surface area contributed by atoms with Crippen LogP contribution in [-0.2, 0) is 28.8 Å². The van der Waals surface area contributed by atoms with Gasteiger partial charge in [-0.25, -0.2) is 4.79 Å². The van der Waals surface area contributed by atoms with Crippen LogP contribution in [0.5, 0.6) is 0 Å². The predicted octanol–water partition coefficient (Wildman–Crippen LogP) is -5.25. The number of hydrogen-bond donors (Lipinski definition) is 16. The Morgan fingerprint density at radius 2 is 0.788 bits per heavy atom. The van der Waals surface area contributed by atoms with Crippen LogP contribution < -0.4 is 50.4 Å². The van der Waals surface area contributed by atoms with Crippen LogP contribution in [-0.4, -0.2) is 154 Å². The van der Waals surface area contributed by atoms with Gasteiger partial charge < -0.3 is 86.1 Å². The summed E-state index contributed by atoms with van der Waals surface area (Å²) in [6, 6.07) is -2.37. The fraction of sp³-hybridized carbons (Fsp3) is 0.667. The van der Waals surface area contributed by atoms with Crippen molar-refractivity contribution in [3.63, 3.8) is 0 Å². The van der Waals surface area contributed by atoms with Crippen LogP contribution >= 0.6 is 0 Å². The van der Waals surface area contributed by atoms with Gasteiger partial charge in [-0.2, -0.15) is 0 Å². The summed E-state index contributed by atoms with van der Waals surface area (Å²) in [5.41, 5.74) is 31.9. The molecule has 25 heteroatoms. The van der Waals surface area contributed by atoms with Crippen molar-refractivity contribution in [1.82, 2.24) is 16.0 Å². The van der Waals surface area contributed by atoms with E-state index in [2.05, 4.69) is 30.9 Å². The number of nitrogens with one attached hydrogen (secondary N) is 3. The fourth-order valence-electron chi connectivity index (χ4n) is 2.92. The van der Waals surface area contributed by atoms with E-state index in [1.165, 1.54) is 0 Å². The number of aliphatic hydroxyl groups is 1. The Morgan fingerprint density at radius 3 is 0.962 bits per heavy atom. The van der Waals surface area contributed by atoms with Crippen molar-refractivity contribution in [3.8, 4) is 0 Å². The molecule has 0 aliphatic heterocycles. The van der Waals surface area contributed by atoms with Gasteiger partial charge in [-0.1, -0.05) is 0 Å². The van der Waals surface area contributed by atoms with Crippen molar-refractivity contribution in [1.29, 1.82) is 0 Å². The van der Waals surface area contributed by atoms with E-state index in [0.29, 0.717) is 76.0 Å². The zero-order valence-corrected chi connectivity index (χ0v) is 29.3. The maximum atomic E-state index is 10.3. The maximum Gasteiger partial charge on any atom is 0.333 e. The summed E-state index contributed by atoms with van der Waals surface area (Å²) in [5, 5.41) is 67.3. The number of aliphatic imine (C=N–C) groups is 3. The molecule has 0 spiro atoms. The lowest BCUT2D eigenvalue weighted by molar-refractivity contribution is -0.162. The third-order valence-electron chi connectivity index (χ3n) is 6.01. The van der Waals surface area contributed by atoms with Gasteiger partial charge in [-0.05, 0) is 38.5 Å². The van der Waals surface area contributed by atoms with E-state index in [4.69, 9.17) is 70.1 Å². The van der Waals surface area contributed by atoms with Crippen molar-refractivity contribution in [2.75, 3.05) is 40.8 Å². The summed E-state index contributed by atoms with van der Waals surface area (Å²) in [5.74, 6) is -8.59. The number of aliphatic carboxylic acids is 6. The molecule has 0 aromatic carbocycles. The largest absolute Gasteiger partial charge is 0.481 e. The van der Waals surface area contributed by atoms with Crippen molar-refractivity contribution in [2.24, 2.45) is 55.3 Å². The molecule has 0 fully saturated rings. The lowest BCUT2D eigenvalue weighted by Gasteiger charge is -2.12. The van der Waals surface area contributed by atoms with E-state index >= 15 is 0 Å². The highest BCUT2D eigenvalue weighted by Gasteiger charge is 2.33. The Morgan fingerprint density at radius 1 is 0.519 bits per heavy atom. The lowest BCUT2D eigenvalue weighted by Crippen LogP contribution is -2.36. The van der Waals surface area contributed by atoms with Crippen LogP contribution in [0.15, 0.2) is 15.0 Å². The van der Waals surface area contributed by atoms with Gasteiger partial charge in [-0.3, -0.25) is 38.9 Å². The number of guanidine groups is 3. The Kier molecular flexibility index (Phi) is 33.5. The average Bonchev–Trinajstić information content (AvgIpc) is 3.08. The van der Waals surface area contributed by atoms with Gasteiger partial charge in [0.15, 0.2) is 24.0 Å². The molecule has 0 radical (unpaired) electrons. The van der Waals surface area contributed by atoms with Crippen molar-refractivity contribution in [2.45, 2.75) is 69.2 Å². The van der Waals surface area contributed by atoms with E-state index in [1.54, 1.807) is 21.1 Å². The molecule has 2 unspecified atom stereocenters. The highest BCUT2D eigenvalue weighted by atomic mass is 16.4. The standard InChI is InChI=1S/3C7H16N4O2.C6H8O7/c3*1-10-7(9)11-4-2-3-5(8)6(12)13;7-3(8)1-2(5(10)11)4(9)6(12)13/h3*5H,2-4,8H2,1H3,(H,12,13)(H3,9,10,11);2,4,9H,1H2,(H,7,8)(H,10,11)(H,12,13)/t3*5-;/m000./s1. The molecule has 52 heavy (non-hydrogen) atoms. The van der Waals surface area contributed by atoms with Crippen LogP contribution in [0.4, 0.5) is 0 Å². The van der Waals surface area contributed by atoms with Gasteiger partial charge >= 0.3 is 35.8 Å². The second-order valence-corrected chi connectivity index (χ2v) is 10.2. The molecule has 22 N–H and O–H groups in total. The van der Waals surface area contributed by atoms with Crippen LogP contribution in [0.1, 0.15) is 44.9 Å².